The Balaban J connectivity index is 1.95. The second kappa shape index (κ2) is 6.78. The second-order valence-electron chi connectivity index (χ2n) is 5.84. The molecule has 2 aromatic heterocycles. The van der Waals surface area contributed by atoms with E-state index in [-0.39, 0.29) is 5.91 Å². The van der Waals surface area contributed by atoms with Crippen molar-refractivity contribution in [2.75, 3.05) is 4.90 Å². The summed E-state index contributed by atoms with van der Waals surface area (Å²) in [6, 6.07) is 11.6. The number of carbonyl (C=O) groups excluding carboxylic acids is 1. The van der Waals surface area contributed by atoms with Crippen molar-refractivity contribution in [1.29, 1.82) is 0 Å². The molecule has 0 bridgehead atoms. The molecule has 24 heavy (non-hydrogen) atoms. The summed E-state index contributed by atoms with van der Waals surface area (Å²) in [6.45, 7) is 6.24. The fourth-order valence-electron chi connectivity index (χ4n) is 2.70. The number of benzene rings is 1. The molecule has 0 unspecified atom stereocenters. The third-order valence-corrected chi connectivity index (χ3v) is 3.79. The quantitative estimate of drug-likeness (QED) is 0.724. The van der Waals surface area contributed by atoms with E-state index in [1.807, 2.05) is 57.2 Å². The van der Waals surface area contributed by atoms with Crippen LogP contribution in [-0.4, -0.2) is 25.5 Å². The summed E-state index contributed by atoms with van der Waals surface area (Å²) in [5.41, 5.74) is 2.74. The van der Waals surface area contributed by atoms with Gasteiger partial charge in [0.05, 0.1) is 6.54 Å². The van der Waals surface area contributed by atoms with Gasteiger partial charge in [0.2, 0.25) is 5.91 Å². The first-order valence-corrected chi connectivity index (χ1v) is 8.14. The summed E-state index contributed by atoms with van der Waals surface area (Å²) in [5, 5.41) is 4.51. The molecule has 0 atom stereocenters. The van der Waals surface area contributed by atoms with Crippen LogP contribution in [0.25, 0.3) is 5.78 Å². The highest BCUT2D eigenvalue weighted by Crippen LogP contribution is 2.18. The Bertz CT molecular complexity index is 856. The van der Waals surface area contributed by atoms with Gasteiger partial charge >= 0.3 is 0 Å². The molecule has 6 nitrogen and oxygen atoms in total. The molecular formula is C18H21N5O. The highest BCUT2D eigenvalue weighted by molar-refractivity contribution is 5.93. The summed E-state index contributed by atoms with van der Waals surface area (Å²) in [4.78, 5) is 23.2. The minimum absolute atomic E-state index is 0.0726. The van der Waals surface area contributed by atoms with E-state index in [9.17, 15) is 4.79 Å². The Morgan fingerprint density at radius 3 is 2.62 bits per heavy atom. The highest BCUT2D eigenvalue weighted by Gasteiger charge is 2.18. The molecule has 2 heterocycles. The number of rotatable bonds is 5. The van der Waals surface area contributed by atoms with Gasteiger partial charge in [0.15, 0.2) is 5.82 Å². The summed E-state index contributed by atoms with van der Waals surface area (Å²) in [6.07, 6.45) is 1.30. The number of anilines is 1. The average molecular weight is 323 g/mol. The molecule has 124 valence electrons. The van der Waals surface area contributed by atoms with E-state index in [2.05, 4.69) is 15.1 Å². The number of para-hydroxylation sites is 1. The van der Waals surface area contributed by atoms with Gasteiger partial charge < -0.3 is 4.90 Å². The van der Waals surface area contributed by atoms with Crippen LogP contribution in [0.2, 0.25) is 0 Å². The molecule has 1 amide bonds. The number of hydrogen-bond acceptors (Lipinski definition) is 4. The molecule has 1 aromatic carbocycles. The van der Waals surface area contributed by atoms with Gasteiger partial charge in [0, 0.05) is 23.5 Å². The van der Waals surface area contributed by atoms with E-state index < -0.39 is 0 Å². The molecule has 3 rings (SSSR count). The van der Waals surface area contributed by atoms with E-state index in [1.54, 1.807) is 9.42 Å². The molecule has 6 heteroatoms. The number of aryl methyl sites for hydroxylation is 2. The molecule has 0 N–H and O–H groups in total. The predicted octanol–water partition coefficient (Wildman–Crippen LogP) is 3.07. The fourth-order valence-corrected chi connectivity index (χ4v) is 2.70. The van der Waals surface area contributed by atoms with Gasteiger partial charge in [-0.3, -0.25) is 4.79 Å². The zero-order chi connectivity index (χ0) is 17.1. The maximum Gasteiger partial charge on any atom is 0.252 e. The van der Waals surface area contributed by atoms with Crippen molar-refractivity contribution in [2.45, 2.75) is 40.2 Å². The summed E-state index contributed by atoms with van der Waals surface area (Å²) < 4.78 is 1.72. The van der Waals surface area contributed by atoms with Crippen molar-refractivity contribution in [3.8, 4) is 0 Å². The van der Waals surface area contributed by atoms with Crippen molar-refractivity contribution < 1.29 is 4.79 Å². The van der Waals surface area contributed by atoms with Crippen molar-refractivity contribution in [1.82, 2.24) is 19.6 Å². The molecule has 3 aromatic rings. The Morgan fingerprint density at radius 1 is 1.17 bits per heavy atom. The number of carbonyl (C=O) groups is 1. The highest BCUT2D eigenvalue weighted by atomic mass is 16.2. The third kappa shape index (κ3) is 3.27. The van der Waals surface area contributed by atoms with Gasteiger partial charge in [-0.15, -0.1) is 5.10 Å². The van der Waals surface area contributed by atoms with E-state index in [0.29, 0.717) is 24.6 Å². The molecule has 0 aliphatic carbocycles. The van der Waals surface area contributed by atoms with E-state index in [4.69, 9.17) is 0 Å². The Labute approximate surface area is 141 Å². The number of fused-ring (bicyclic) bond motifs is 1. The van der Waals surface area contributed by atoms with Crippen LogP contribution < -0.4 is 4.90 Å². The van der Waals surface area contributed by atoms with E-state index in [1.165, 1.54) is 0 Å². The lowest BCUT2D eigenvalue weighted by molar-refractivity contribution is -0.118. The molecule has 0 spiro atoms. The van der Waals surface area contributed by atoms with Crippen LogP contribution >= 0.6 is 0 Å². The van der Waals surface area contributed by atoms with Gasteiger partial charge in [0.25, 0.3) is 5.78 Å². The van der Waals surface area contributed by atoms with Crippen LogP contribution in [-0.2, 0) is 11.3 Å². The van der Waals surface area contributed by atoms with Crippen molar-refractivity contribution in [2.24, 2.45) is 0 Å². The predicted molar refractivity (Wildman–Crippen MR) is 92.8 cm³/mol. The molecule has 0 fully saturated rings. The lowest BCUT2D eigenvalue weighted by Crippen LogP contribution is -2.30. The standard InChI is InChI=1S/C18H21N5O/c1-4-8-17(24)22(15-9-6-5-7-10-15)12-16-20-18-19-13(2)11-14(3)23(18)21-16/h5-7,9-11H,4,8,12H2,1-3H3. The van der Waals surface area contributed by atoms with Crippen LogP contribution in [0.5, 0.6) is 0 Å². The van der Waals surface area contributed by atoms with Gasteiger partial charge in [0.1, 0.15) is 0 Å². The molecule has 0 aliphatic heterocycles. The van der Waals surface area contributed by atoms with Gasteiger partial charge in [-0.25, -0.2) is 9.50 Å². The van der Waals surface area contributed by atoms with Crippen molar-refractivity contribution in [3.63, 3.8) is 0 Å². The third-order valence-electron chi connectivity index (χ3n) is 3.79. The largest absolute Gasteiger partial charge is 0.305 e. The summed E-state index contributed by atoms with van der Waals surface area (Å²) >= 11 is 0. The normalized spacial score (nSPS) is 11.0. The lowest BCUT2D eigenvalue weighted by atomic mass is 10.2. The SMILES string of the molecule is CCCC(=O)N(Cc1nc2nc(C)cc(C)n2n1)c1ccccc1. The zero-order valence-electron chi connectivity index (χ0n) is 14.2. The minimum atomic E-state index is 0.0726. The van der Waals surface area contributed by atoms with E-state index in [0.717, 1.165) is 23.5 Å². The maximum absolute atomic E-state index is 12.5. The number of amides is 1. The minimum Gasteiger partial charge on any atom is -0.305 e. The molecule has 0 aliphatic rings. The van der Waals surface area contributed by atoms with Crippen LogP contribution in [0.1, 0.15) is 37.0 Å². The first-order chi connectivity index (χ1) is 11.6. The first-order valence-electron chi connectivity index (χ1n) is 8.14. The van der Waals surface area contributed by atoms with Crippen molar-refractivity contribution in [3.05, 3.63) is 53.6 Å². The molecule has 0 radical (unpaired) electrons. The Kier molecular flexibility index (Phi) is 4.55. The number of hydrogen-bond donors (Lipinski definition) is 0. The summed E-state index contributed by atoms with van der Waals surface area (Å²) in [5.74, 6) is 1.23. The van der Waals surface area contributed by atoms with E-state index >= 15 is 0 Å². The zero-order valence-corrected chi connectivity index (χ0v) is 14.2. The topological polar surface area (TPSA) is 63.4 Å². The van der Waals surface area contributed by atoms with Crippen LogP contribution in [0, 0.1) is 13.8 Å². The van der Waals surface area contributed by atoms with Crippen LogP contribution in [0.4, 0.5) is 5.69 Å². The number of nitrogens with zero attached hydrogens (tertiary/aromatic N) is 5. The Hall–Kier alpha value is -2.76. The lowest BCUT2D eigenvalue weighted by Gasteiger charge is -2.21. The van der Waals surface area contributed by atoms with Crippen LogP contribution in [0.3, 0.4) is 0 Å². The van der Waals surface area contributed by atoms with Crippen LogP contribution in [0.15, 0.2) is 36.4 Å². The van der Waals surface area contributed by atoms with Gasteiger partial charge in [-0.1, -0.05) is 25.1 Å². The average Bonchev–Trinajstić information content (AvgIpc) is 2.96. The monoisotopic (exact) mass is 323 g/mol. The van der Waals surface area contributed by atoms with Gasteiger partial charge in [-0.2, -0.15) is 4.98 Å². The Morgan fingerprint density at radius 2 is 1.92 bits per heavy atom. The summed E-state index contributed by atoms with van der Waals surface area (Å²) in [7, 11) is 0. The fraction of sp³-hybridized carbons (Fsp3) is 0.333. The maximum atomic E-state index is 12.5. The molecular weight excluding hydrogens is 302 g/mol. The first kappa shape index (κ1) is 16.1. The molecule has 0 saturated carbocycles. The smallest absolute Gasteiger partial charge is 0.252 e. The van der Waals surface area contributed by atoms with Gasteiger partial charge in [-0.05, 0) is 38.5 Å². The van der Waals surface area contributed by atoms with Crippen molar-refractivity contribution >= 4 is 17.4 Å². The second-order valence-corrected chi connectivity index (χ2v) is 5.84. The molecule has 0 saturated heterocycles. The number of aromatic nitrogens is 4.